The summed E-state index contributed by atoms with van der Waals surface area (Å²) >= 11 is 0. The third-order valence-electron chi connectivity index (χ3n) is 4.76. The van der Waals surface area contributed by atoms with Crippen LogP contribution in [0.4, 0.5) is 0 Å². The SMILES string of the molecule is C=CCCC(=O)OCC(C)(C)NC(=O)C(CC=C)CC(=O)N1CCCC1CO. The Labute approximate surface area is 167 Å². The molecule has 158 valence electrons. The number of nitrogens with zero attached hydrogens (tertiary/aromatic N) is 1. The second-order valence-electron chi connectivity index (χ2n) is 7.85. The molecule has 0 radical (unpaired) electrons. The minimum atomic E-state index is -0.759. The van der Waals surface area contributed by atoms with Crippen LogP contribution < -0.4 is 5.32 Å². The summed E-state index contributed by atoms with van der Waals surface area (Å²) in [6, 6.07) is -0.161. The molecular weight excluding hydrogens is 360 g/mol. The van der Waals surface area contributed by atoms with Crippen LogP contribution in [0.25, 0.3) is 0 Å². The fourth-order valence-electron chi connectivity index (χ4n) is 3.19. The fraction of sp³-hybridized carbons (Fsp3) is 0.667. The monoisotopic (exact) mass is 394 g/mol. The Morgan fingerprint density at radius 1 is 1.32 bits per heavy atom. The Morgan fingerprint density at radius 3 is 2.64 bits per heavy atom. The van der Waals surface area contributed by atoms with E-state index >= 15 is 0 Å². The van der Waals surface area contributed by atoms with Crippen LogP contribution in [0.3, 0.4) is 0 Å². The van der Waals surface area contributed by atoms with E-state index in [2.05, 4.69) is 18.5 Å². The van der Waals surface area contributed by atoms with E-state index in [1.165, 1.54) is 0 Å². The molecule has 2 N–H and O–H groups in total. The molecule has 7 heteroatoms. The van der Waals surface area contributed by atoms with E-state index in [0.717, 1.165) is 12.8 Å². The van der Waals surface area contributed by atoms with Gasteiger partial charge in [0.25, 0.3) is 0 Å². The molecule has 28 heavy (non-hydrogen) atoms. The van der Waals surface area contributed by atoms with Crippen molar-refractivity contribution in [2.24, 2.45) is 5.92 Å². The highest BCUT2D eigenvalue weighted by atomic mass is 16.5. The quantitative estimate of drug-likeness (QED) is 0.390. The molecule has 0 aromatic rings. The van der Waals surface area contributed by atoms with Gasteiger partial charge in [0.15, 0.2) is 0 Å². The number of amides is 2. The number of aliphatic hydroxyl groups is 1. The molecule has 1 fully saturated rings. The van der Waals surface area contributed by atoms with Gasteiger partial charge in [-0.3, -0.25) is 14.4 Å². The summed E-state index contributed by atoms with van der Waals surface area (Å²) in [6.07, 6.45) is 6.13. The Hall–Kier alpha value is -2.15. The van der Waals surface area contributed by atoms with Gasteiger partial charge in [0.2, 0.25) is 11.8 Å². The lowest BCUT2D eigenvalue weighted by Crippen LogP contribution is -2.50. The number of carbonyl (C=O) groups is 3. The van der Waals surface area contributed by atoms with Crippen molar-refractivity contribution < 1.29 is 24.2 Å². The van der Waals surface area contributed by atoms with Gasteiger partial charge in [0.05, 0.1) is 24.1 Å². The van der Waals surface area contributed by atoms with Crippen molar-refractivity contribution in [1.29, 1.82) is 0 Å². The van der Waals surface area contributed by atoms with Crippen molar-refractivity contribution in [1.82, 2.24) is 10.2 Å². The standard InChI is InChI=1S/C21H34N2O5/c1-5-7-11-19(26)28-15-21(3,4)22-20(27)16(9-6-2)13-18(25)23-12-8-10-17(23)14-24/h5-6,16-17,24H,1-2,7-15H2,3-4H3,(H,22,27). The van der Waals surface area contributed by atoms with Gasteiger partial charge in [0.1, 0.15) is 6.61 Å². The molecule has 0 spiro atoms. The van der Waals surface area contributed by atoms with Gasteiger partial charge in [-0.05, 0) is 39.5 Å². The number of rotatable bonds is 12. The summed E-state index contributed by atoms with van der Waals surface area (Å²) in [5, 5.41) is 12.3. The predicted molar refractivity (Wildman–Crippen MR) is 107 cm³/mol. The van der Waals surface area contributed by atoms with Gasteiger partial charge in [0, 0.05) is 19.4 Å². The molecule has 2 atom stereocenters. The zero-order valence-electron chi connectivity index (χ0n) is 17.1. The van der Waals surface area contributed by atoms with Crippen molar-refractivity contribution >= 4 is 17.8 Å². The van der Waals surface area contributed by atoms with Crippen molar-refractivity contribution in [2.75, 3.05) is 19.8 Å². The van der Waals surface area contributed by atoms with E-state index in [9.17, 15) is 19.5 Å². The van der Waals surface area contributed by atoms with Crippen LogP contribution in [0.5, 0.6) is 0 Å². The van der Waals surface area contributed by atoms with Crippen molar-refractivity contribution in [3.05, 3.63) is 25.3 Å². The number of hydrogen-bond donors (Lipinski definition) is 2. The van der Waals surface area contributed by atoms with Gasteiger partial charge in [-0.15, -0.1) is 13.2 Å². The number of nitrogens with one attached hydrogen (secondary N) is 1. The highest BCUT2D eigenvalue weighted by molar-refractivity contribution is 5.86. The van der Waals surface area contributed by atoms with Crippen LogP contribution in [0.1, 0.15) is 52.4 Å². The minimum Gasteiger partial charge on any atom is -0.463 e. The molecule has 0 saturated carbocycles. The molecule has 2 unspecified atom stereocenters. The highest BCUT2D eigenvalue weighted by Gasteiger charge is 2.32. The number of likely N-dealkylation sites (tertiary alicyclic amines) is 1. The lowest BCUT2D eigenvalue weighted by atomic mass is 9.97. The molecule has 1 aliphatic heterocycles. The number of ether oxygens (including phenoxy) is 1. The van der Waals surface area contributed by atoms with E-state index in [1.54, 1.807) is 30.9 Å². The zero-order chi connectivity index (χ0) is 21.2. The number of hydrogen-bond acceptors (Lipinski definition) is 5. The number of allylic oxidation sites excluding steroid dienone is 2. The van der Waals surface area contributed by atoms with E-state index in [4.69, 9.17) is 4.74 Å². The number of esters is 1. The fourth-order valence-corrected chi connectivity index (χ4v) is 3.19. The van der Waals surface area contributed by atoms with Crippen LogP contribution in [0.2, 0.25) is 0 Å². The maximum absolute atomic E-state index is 12.7. The summed E-state index contributed by atoms with van der Waals surface area (Å²) < 4.78 is 5.22. The van der Waals surface area contributed by atoms with E-state index in [0.29, 0.717) is 19.4 Å². The highest BCUT2D eigenvalue weighted by Crippen LogP contribution is 2.21. The average molecular weight is 395 g/mol. The summed E-state index contributed by atoms with van der Waals surface area (Å²) in [5.74, 6) is -1.31. The van der Waals surface area contributed by atoms with Gasteiger partial charge in [-0.25, -0.2) is 0 Å². The third kappa shape index (κ3) is 7.84. The van der Waals surface area contributed by atoms with Crippen LogP contribution in [0.15, 0.2) is 25.3 Å². The predicted octanol–water partition coefficient (Wildman–Crippen LogP) is 1.96. The van der Waals surface area contributed by atoms with Crippen molar-refractivity contribution in [3.8, 4) is 0 Å². The average Bonchev–Trinajstić information content (AvgIpc) is 3.13. The second kappa shape index (κ2) is 11.6. The zero-order valence-corrected chi connectivity index (χ0v) is 17.1. The summed E-state index contributed by atoms with van der Waals surface area (Å²) in [6.45, 7) is 11.4. The molecule has 2 amide bonds. The lowest BCUT2D eigenvalue weighted by Gasteiger charge is -2.29. The van der Waals surface area contributed by atoms with E-state index in [1.807, 2.05) is 0 Å². The van der Waals surface area contributed by atoms with E-state index < -0.39 is 11.5 Å². The largest absolute Gasteiger partial charge is 0.463 e. The maximum atomic E-state index is 12.7. The van der Waals surface area contributed by atoms with Crippen LogP contribution in [-0.2, 0) is 19.1 Å². The molecule has 1 saturated heterocycles. The first-order valence-electron chi connectivity index (χ1n) is 9.83. The summed E-state index contributed by atoms with van der Waals surface area (Å²) in [7, 11) is 0. The normalized spacial score (nSPS) is 17.7. The molecule has 1 rings (SSSR count). The summed E-state index contributed by atoms with van der Waals surface area (Å²) in [5.41, 5.74) is -0.759. The maximum Gasteiger partial charge on any atom is 0.306 e. The Kier molecular flexibility index (Phi) is 9.93. The Bertz CT molecular complexity index is 573. The molecule has 0 aromatic heterocycles. The Balaban J connectivity index is 2.62. The number of carbonyl (C=O) groups excluding carboxylic acids is 3. The molecule has 1 aliphatic rings. The molecule has 0 bridgehead atoms. The molecular formula is C21H34N2O5. The first-order valence-corrected chi connectivity index (χ1v) is 9.83. The molecule has 0 aliphatic carbocycles. The van der Waals surface area contributed by atoms with Gasteiger partial charge < -0.3 is 20.1 Å². The topological polar surface area (TPSA) is 95.9 Å². The first kappa shape index (κ1) is 23.9. The van der Waals surface area contributed by atoms with Gasteiger partial charge in [-0.2, -0.15) is 0 Å². The second-order valence-corrected chi connectivity index (χ2v) is 7.85. The lowest BCUT2D eigenvalue weighted by molar-refractivity contribution is -0.146. The van der Waals surface area contributed by atoms with Gasteiger partial charge >= 0.3 is 5.97 Å². The first-order chi connectivity index (χ1) is 13.2. The van der Waals surface area contributed by atoms with Crippen molar-refractivity contribution in [2.45, 2.75) is 64.0 Å². The molecule has 7 nitrogen and oxygen atoms in total. The van der Waals surface area contributed by atoms with Gasteiger partial charge in [-0.1, -0.05) is 12.2 Å². The smallest absolute Gasteiger partial charge is 0.306 e. The minimum absolute atomic E-state index is 0.0438. The molecule has 1 heterocycles. The third-order valence-corrected chi connectivity index (χ3v) is 4.76. The van der Waals surface area contributed by atoms with Crippen LogP contribution >= 0.6 is 0 Å². The summed E-state index contributed by atoms with van der Waals surface area (Å²) in [4.78, 5) is 38.7. The number of aliphatic hydroxyl groups excluding tert-OH is 1. The van der Waals surface area contributed by atoms with E-state index in [-0.39, 0.29) is 49.9 Å². The van der Waals surface area contributed by atoms with Crippen LogP contribution in [-0.4, -0.2) is 59.1 Å². The van der Waals surface area contributed by atoms with Crippen molar-refractivity contribution in [3.63, 3.8) is 0 Å². The Morgan fingerprint density at radius 2 is 2.04 bits per heavy atom. The van der Waals surface area contributed by atoms with Crippen LogP contribution in [0, 0.1) is 5.92 Å². The molecule has 0 aromatic carbocycles.